The van der Waals surface area contributed by atoms with Crippen molar-refractivity contribution >= 4 is 23.1 Å². The van der Waals surface area contributed by atoms with Crippen LogP contribution in [0.25, 0.3) is 11.1 Å². The lowest BCUT2D eigenvalue weighted by molar-refractivity contribution is -0.384. The molecule has 0 aliphatic carbocycles. The zero-order chi connectivity index (χ0) is 10.1. The van der Waals surface area contributed by atoms with Gasteiger partial charge in [-0.25, -0.2) is 4.98 Å². The Morgan fingerprint density at radius 3 is 2.93 bits per heavy atom. The van der Waals surface area contributed by atoms with Crippen molar-refractivity contribution in [2.75, 3.05) is 0 Å². The Balaban J connectivity index is 2.65. The summed E-state index contributed by atoms with van der Waals surface area (Å²) < 4.78 is 4.92. The van der Waals surface area contributed by atoms with E-state index in [2.05, 4.69) is 4.98 Å². The second-order valence-corrected chi connectivity index (χ2v) is 2.58. The second-order valence-electron chi connectivity index (χ2n) is 2.58. The van der Waals surface area contributed by atoms with E-state index in [1.807, 2.05) is 0 Å². The summed E-state index contributed by atoms with van der Waals surface area (Å²) in [4.78, 5) is 23.9. The number of fused-ring (bicyclic) bond motifs is 1. The van der Waals surface area contributed by atoms with E-state index in [0.717, 1.165) is 0 Å². The monoisotopic (exact) mass is 192 g/mol. The fourth-order valence-corrected chi connectivity index (χ4v) is 1.10. The number of nitro benzene ring substituents is 1. The van der Waals surface area contributed by atoms with Gasteiger partial charge >= 0.3 is 0 Å². The standard InChI is InChI=1S/C8H4N2O4/c11-4-8-9-6-2-1-5(10(12)13)3-7(6)14-8/h1-4H. The Morgan fingerprint density at radius 2 is 2.29 bits per heavy atom. The molecule has 0 amide bonds. The van der Waals surface area contributed by atoms with Crippen molar-refractivity contribution in [3.63, 3.8) is 0 Å². The Kier molecular flexibility index (Phi) is 1.74. The maximum atomic E-state index is 10.4. The second kappa shape index (κ2) is 2.91. The van der Waals surface area contributed by atoms with Crippen molar-refractivity contribution in [1.29, 1.82) is 0 Å². The van der Waals surface area contributed by atoms with Gasteiger partial charge in [-0.3, -0.25) is 14.9 Å². The van der Waals surface area contributed by atoms with Crippen LogP contribution in [0.15, 0.2) is 22.6 Å². The summed E-state index contributed by atoms with van der Waals surface area (Å²) in [5.41, 5.74) is 0.574. The molecule has 6 heteroatoms. The van der Waals surface area contributed by atoms with Crippen LogP contribution in [0, 0.1) is 10.1 Å². The number of nitro groups is 1. The third-order valence-corrected chi connectivity index (χ3v) is 1.70. The molecule has 0 radical (unpaired) electrons. The van der Waals surface area contributed by atoms with E-state index in [1.54, 1.807) is 0 Å². The van der Waals surface area contributed by atoms with Crippen LogP contribution >= 0.6 is 0 Å². The smallest absolute Gasteiger partial charge is 0.273 e. The molecule has 1 heterocycles. The molecule has 0 aliphatic heterocycles. The number of rotatable bonds is 2. The third kappa shape index (κ3) is 1.22. The van der Waals surface area contributed by atoms with Crippen molar-refractivity contribution in [2.24, 2.45) is 0 Å². The minimum Gasteiger partial charge on any atom is -0.434 e. The SMILES string of the molecule is O=Cc1nc2ccc([N+](=O)[O-])cc2o1. The number of aromatic nitrogens is 1. The molecule has 0 bridgehead atoms. The molecule has 0 fully saturated rings. The number of non-ortho nitro benzene ring substituents is 1. The first-order valence-electron chi connectivity index (χ1n) is 3.71. The van der Waals surface area contributed by atoms with Gasteiger partial charge in [-0.05, 0) is 6.07 Å². The van der Waals surface area contributed by atoms with E-state index < -0.39 is 4.92 Å². The summed E-state index contributed by atoms with van der Waals surface area (Å²) in [5.74, 6) is -0.0829. The van der Waals surface area contributed by atoms with E-state index in [0.29, 0.717) is 11.8 Å². The van der Waals surface area contributed by atoms with Crippen LogP contribution in [-0.4, -0.2) is 16.2 Å². The Bertz CT molecular complexity index is 517. The van der Waals surface area contributed by atoms with E-state index in [9.17, 15) is 14.9 Å². The lowest BCUT2D eigenvalue weighted by Gasteiger charge is -1.88. The zero-order valence-electron chi connectivity index (χ0n) is 6.84. The molecule has 70 valence electrons. The molecular formula is C8H4N2O4. The van der Waals surface area contributed by atoms with E-state index in [1.165, 1.54) is 18.2 Å². The van der Waals surface area contributed by atoms with Gasteiger partial charge < -0.3 is 4.42 Å². The summed E-state index contributed by atoms with van der Waals surface area (Å²) in [6.07, 6.45) is 0.450. The van der Waals surface area contributed by atoms with Crippen LogP contribution < -0.4 is 0 Å². The molecule has 6 nitrogen and oxygen atoms in total. The summed E-state index contributed by atoms with van der Waals surface area (Å²) >= 11 is 0. The number of carbonyl (C=O) groups excluding carboxylic acids is 1. The van der Waals surface area contributed by atoms with Gasteiger partial charge in [0, 0.05) is 6.07 Å². The fourth-order valence-electron chi connectivity index (χ4n) is 1.10. The topological polar surface area (TPSA) is 86.2 Å². The number of carbonyl (C=O) groups is 1. The molecule has 0 saturated heterocycles. The lowest BCUT2D eigenvalue weighted by Crippen LogP contribution is -1.86. The molecule has 2 rings (SSSR count). The first kappa shape index (κ1) is 8.36. The molecule has 0 aliphatic rings. The Labute approximate surface area is 77.3 Å². The molecule has 0 atom stereocenters. The predicted molar refractivity (Wildman–Crippen MR) is 46.1 cm³/mol. The van der Waals surface area contributed by atoms with Crippen LogP contribution in [-0.2, 0) is 0 Å². The molecule has 0 saturated carbocycles. The van der Waals surface area contributed by atoms with Gasteiger partial charge in [0.2, 0.25) is 6.29 Å². The first-order chi connectivity index (χ1) is 6.70. The van der Waals surface area contributed by atoms with Crippen LogP contribution in [0.5, 0.6) is 0 Å². The van der Waals surface area contributed by atoms with Crippen molar-refractivity contribution in [3.8, 4) is 0 Å². The molecule has 0 N–H and O–H groups in total. The van der Waals surface area contributed by atoms with Gasteiger partial charge in [0.15, 0.2) is 5.58 Å². The first-order valence-corrected chi connectivity index (χ1v) is 3.71. The molecule has 2 aromatic rings. The average Bonchev–Trinajstić information content (AvgIpc) is 2.58. The van der Waals surface area contributed by atoms with Gasteiger partial charge in [0.05, 0.1) is 11.0 Å². The van der Waals surface area contributed by atoms with Crippen molar-refractivity contribution in [3.05, 3.63) is 34.2 Å². The average molecular weight is 192 g/mol. The van der Waals surface area contributed by atoms with Gasteiger partial charge in [-0.2, -0.15) is 0 Å². The molecule has 1 aromatic carbocycles. The van der Waals surface area contributed by atoms with E-state index in [4.69, 9.17) is 4.42 Å². The fraction of sp³-hybridized carbons (Fsp3) is 0. The lowest BCUT2D eigenvalue weighted by atomic mass is 10.3. The Hall–Kier alpha value is -2.24. The number of hydrogen-bond acceptors (Lipinski definition) is 5. The van der Waals surface area contributed by atoms with Crippen LogP contribution in [0.4, 0.5) is 5.69 Å². The number of hydrogen-bond donors (Lipinski definition) is 0. The van der Waals surface area contributed by atoms with E-state index in [-0.39, 0.29) is 17.2 Å². The predicted octanol–water partition coefficient (Wildman–Crippen LogP) is 1.55. The molecule has 0 unspecified atom stereocenters. The zero-order valence-corrected chi connectivity index (χ0v) is 6.84. The van der Waals surface area contributed by atoms with Crippen molar-refractivity contribution < 1.29 is 14.1 Å². The summed E-state index contributed by atoms with van der Waals surface area (Å²) in [6, 6.07) is 3.97. The maximum absolute atomic E-state index is 10.4. The van der Waals surface area contributed by atoms with Gasteiger partial charge in [-0.15, -0.1) is 0 Å². The summed E-state index contributed by atoms with van der Waals surface area (Å²) in [6.45, 7) is 0. The van der Waals surface area contributed by atoms with Gasteiger partial charge in [0.1, 0.15) is 5.52 Å². The molecular weight excluding hydrogens is 188 g/mol. The molecule has 14 heavy (non-hydrogen) atoms. The number of benzene rings is 1. The quantitative estimate of drug-likeness (QED) is 0.409. The summed E-state index contributed by atoms with van der Waals surface area (Å²) in [5, 5.41) is 10.4. The number of aldehydes is 1. The van der Waals surface area contributed by atoms with E-state index >= 15 is 0 Å². The third-order valence-electron chi connectivity index (χ3n) is 1.70. The van der Waals surface area contributed by atoms with Crippen LogP contribution in [0.3, 0.4) is 0 Å². The maximum Gasteiger partial charge on any atom is 0.273 e. The van der Waals surface area contributed by atoms with Crippen LogP contribution in [0.2, 0.25) is 0 Å². The number of oxazole rings is 1. The summed E-state index contributed by atoms with van der Waals surface area (Å²) in [7, 11) is 0. The van der Waals surface area contributed by atoms with Gasteiger partial charge in [0.25, 0.3) is 11.6 Å². The minimum absolute atomic E-state index is 0.0829. The van der Waals surface area contributed by atoms with Gasteiger partial charge in [-0.1, -0.05) is 0 Å². The highest BCUT2D eigenvalue weighted by atomic mass is 16.6. The highest BCUT2D eigenvalue weighted by Gasteiger charge is 2.10. The van der Waals surface area contributed by atoms with Crippen LogP contribution in [0.1, 0.15) is 10.7 Å². The number of nitrogens with zero attached hydrogens (tertiary/aromatic N) is 2. The van der Waals surface area contributed by atoms with Crippen molar-refractivity contribution in [2.45, 2.75) is 0 Å². The normalized spacial score (nSPS) is 10.3. The molecule has 0 spiro atoms. The molecule has 1 aromatic heterocycles. The minimum atomic E-state index is -0.539. The highest BCUT2D eigenvalue weighted by molar-refractivity contribution is 5.80. The highest BCUT2D eigenvalue weighted by Crippen LogP contribution is 2.20. The Morgan fingerprint density at radius 1 is 1.50 bits per heavy atom. The largest absolute Gasteiger partial charge is 0.434 e. The van der Waals surface area contributed by atoms with Crippen molar-refractivity contribution in [1.82, 2.24) is 4.98 Å².